The molecule has 0 aliphatic carbocycles. The molecule has 8 nitrogen and oxygen atoms in total. The summed E-state index contributed by atoms with van der Waals surface area (Å²) in [7, 11) is 1.59. The zero-order chi connectivity index (χ0) is 20.2. The molecule has 29 heavy (non-hydrogen) atoms. The van der Waals surface area contributed by atoms with Crippen LogP contribution in [0.2, 0.25) is 0 Å². The average molecular weight is 411 g/mol. The third kappa shape index (κ3) is 4.19. The molecule has 0 bridgehead atoms. The molecule has 4 aromatic rings. The van der Waals surface area contributed by atoms with Crippen LogP contribution in [0.1, 0.15) is 6.42 Å². The van der Waals surface area contributed by atoms with Crippen LogP contribution in [0.15, 0.2) is 69.1 Å². The number of fused-ring (bicyclic) bond motifs is 1. The molecule has 0 aliphatic heterocycles. The number of aromatic nitrogens is 3. The normalized spacial score (nSPS) is 10.9. The van der Waals surface area contributed by atoms with Crippen LogP contribution in [0.3, 0.4) is 0 Å². The predicted molar refractivity (Wildman–Crippen MR) is 110 cm³/mol. The van der Waals surface area contributed by atoms with Gasteiger partial charge < -0.3 is 15.0 Å². The van der Waals surface area contributed by atoms with Crippen LogP contribution in [0, 0.1) is 0 Å². The number of H-pyrrole nitrogens is 2. The second-order valence-corrected chi connectivity index (χ2v) is 7.33. The van der Waals surface area contributed by atoms with Gasteiger partial charge in [-0.2, -0.15) is 0 Å². The van der Waals surface area contributed by atoms with E-state index in [-0.39, 0.29) is 12.3 Å². The number of hydrogen-bond acceptors (Lipinski definition) is 5. The molecule has 0 spiro atoms. The molecule has 0 radical (unpaired) electrons. The van der Waals surface area contributed by atoms with Gasteiger partial charge >= 0.3 is 10.7 Å². The van der Waals surface area contributed by atoms with Crippen molar-refractivity contribution in [2.45, 2.75) is 11.4 Å². The lowest BCUT2D eigenvalue weighted by molar-refractivity contribution is -0.704. The molecule has 2 heterocycles. The first kappa shape index (κ1) is 18.9. The molecule has 2 aromatic carbocycles. The summed E-state index contributed by atoms with van der Waals surface area (Å²) in [6.07, 6.45) is 2.11. The van der Waals surface area contributed by atoms with E-state index in [1.807, 2.05) is 30.5 Å². The van der Waals surface area contributed by atoms with E-state index in [0.717, 1.165) is 22.3 Å². The Morgan fingerprint density at radius 1 is 1.21 bits per heavy atom. The lowest BCUT2D eigenvalue weighted by Crippen LogP contribution is -2.36. The van der Waals surface area contributed by atoms with Crippen LogP contribution in [0.4, 0.5) is 5.69 Å². The Bertz CT molecular complexity index is 1190. The van der Waals surface area contributed by atoms with Crippen molar-refractivity contribution in [2.75, 3.05) is 18.2 Å². The van der Waals surface area contributed by atoms with E-state index in [1.54, 1.807) is 36.1 Å². The predicted octanol–water partition coefficient (Wildman–Crippen LogP) is 2.86. The van der Waals surface area contributed by atoms with E-state index in [2.05, 4.69) is 15.6 Å². The molecule has 0 saturated heterocycles. The van der Waals surface area contributed by atoms with E-state index in [9.17, 15) is 9.59 Å². The summed E-state index contributed by atoms with van der Waals surface area (Å²) in [5, 5.41) is 6.87. The first-order valence-corrected chi connectivity index (χ1v) is 9.90. The summed E-state index contributed by atoms with van der Waals surface area (Å²) < 4.78 is 11.6. The van der Waals surface area contributed by atoms with Crippen molar-refractivity contribution >= 4 is 34.3 Å². The maximum absolute atomic E-state index is 12.3. The van der Waals surface area contributed by atoms with Gasteiger partial charge in [-0.05, 0) is 58.1 Å². The van der Waals surface area contributed by atoms with E-state index < -0.39 is 5.63 Å². The zero-order valence-electron chi connectivity index (χ0n) is 15.6. The van der Waals surface area contributed by atoms with Crippen LogP contribution in [-0.4, -0.2) is 29.0 Å². The zero-order valence-corrected chi connectivity index (χ0v) is 16.4. The number of ether oxygens (including phenoxy) is 1. The van der Waals surface area contributed by atoms with E-state index in [4.69, 9.17) is 9.26 Å². The minimum Gasteiger partial charge on any atom is -0.497 e. The molecule has 0 aliphatic rings. The molecule has 3 N–H and O–H groups in total. The van der Waals surface area contributed by atoms with Crippen molar-refractivity contribution < 1.29 is 18.7 Å². The largest absolute Gasteiger partial charge is 0.497 e. The highest BCUT2D eigenvalue weighted by atomic mass is 32.2. The number of methoxy groups -OCH3 is 1. The number of rotatable bonds is 7. The summed E-state index contributed by atoms with van der Waals surface area (Å²) in [6.45, 7) is 0. The summed E-state index contributed by atoms with van der Waals surface area (Å²) in [5.41, 5.74) is 2.00. The first-order valence-electron chi connectivity index (χ1n) is 8.92. The minimum absolute atomic E-state index is 0.122. The maximum atomic E-state index is 12.3. The van der Waals surface area contributed by atoms with Crippen molar-refractivity contribution in [3.05, 3.63) is 65.1 Å². The molecule has 4 rings (SSSR count). The molecular formula is C20H19N4O4S+. The number of nitrogens with one attached hydrogen (secondary N) is 3. The van der Waals surface area contributed by atoms with Crippen molar-refractivity contribution in [3.8, 4) is 11.4 Å². The minimum atomic E-state index is -0.482. The van der Waals surface area contributed by atoms with Crippen LogP contribution < -0.4 is 20.4 Å². The van der Waals surface area contributed by atoms with Crippen LogP contribution in [0.25, 0.3) is 16.6 Å². The van der Waals surface area contributed by atoms with Gasteiger partial charge in [0, 0.05) is 47.1 Å². The van der Waals surface area contributed by atoms with Gasteiger partial charge in [0.05, 0.1) is 7.11 Å². The fourth-order valence-electron chi connectivity index (χ4n) is 2.88. The number of carbonyl (C=O) groups excluding carboxylic acids is 1. The standard InChI is InChI=1S/C20H18N4O4S/c1-27-16-5-3-15(4-6-16)24-19(20(26)28-23-24)29-11-9-18(25)22-14-2-7-17-13(12-14)8-10-21-17/h2-8,10,12,23,26H,9,11H2,1H3/p+1. The second kappa shape index (κ2) is 8.27. The van der Waals surface area contributed by atoms with Crippen molar-refractivity contribution in [1.29, 1.82) is 0 Å². The van der Waals surface area contributed by atoms with Crippen molar-refractivity contribution in [2.24, 2.45) is 0 Å². The Hall–Kier alpha value is -3.46. The van der Waals surface area contributed by atoms with Gasteiger partial charge in [0.1, 0.15) is 5.75 Å². The van der Waals surface area contributed by atoms with Crippen molar-refractivity contribution in [1.82, 2.24) is 10.3 Å². The topological polar surface area (TPSA) is 104 Å². The van der Waals surface area contributed by atoms with Gasteiger partial charge in [-0.1, -0.05) is 0 Å². The second-order valence-electron chi connectivity index (χ2n) is 6.25. The number of thioether (sulfide) groups is 1. The molecular weight excluding hydrogens is 392 g/mol. The van der Waals surface area contributed by atoms with Gasteiger partial charge in [-0.3, -0.25) is 9.32 Å². The number of nitrogens with zero attached hydrogens (tertiary/aromatic N) is 1. The molecule has 148 valence electrons. The Morgan fingerprint density at radius 2 is 2.03 bits per heavy atom. The fraction of sp³-hybridized carbons (Fsp3) is 0.150. The summed E-state index contributed by atoms with van der Waals surface area (Å²) in [4.78, 5) is 27.4. The van der Waals surface area contributed by atoms with Crippen LogP contribution in [0.5, 0.6) is 5.75 Å². The maximum Gasteiger partial charge on any atom is 0.442 e. The Labute approximate surface area is 169 Å². The van der Waals surface area contributed by atoms with Gasteiger partial charge in [0.2, 0.25) is 11.6 Å². The SMILES string of the molecule is COc1ccc(-[n+]2[nH]oc(=O)c2SCCC(=O)Nc2ccc3[nH]ccc3c2)cc1. The smallest absolute Gasteiger partial charge is 0.442 e. The number of benzene rings is 2. The van der Waals surface area contributed by atoms with Crippen molar-refractivity contribution in [3.63, 3.8) is 0 Å². The molecule has 2 aromatic heterocycles. The van der Waals surface area contributed by atoms with Gasteiger partial charge in [-0.25, -0.2) is 4.79 Å². The molecule has 0 unspecified atom stereocenters. The van der Waals surface area contributed by atoms with Crippen LogP contribution >= 0.6 is 11.8 Å². The average Bonchev–Trinajstić information content (AvgIpc) is 3.34. The third-order valence-electron chi connectivity index (χ3n) is 4.34. The summed E-state index contributed by atoms with van der Waals surface area (Å²) in [5.74, 6) is 1.02. The van der Waals surface area contributed by atoms with E-state index in [1.165, 1.54) is 11.8 Å². The number of hydrogen-bond donors (Lipinski definition) is 3. The van der Waals surface area contributed by atoms with Gasteiger partial charge in [0.25, 0.3) is 0 Å². The molecule has 1 amide bonds. The summed E-state index contributed by atoms with van der Waals surface area (Å²) >= 11 is 1.26. The van der Waals surface area contributed by atoms with Gasteiger partial charge in [-0.15, -0.1) is 0 Å². The Balaban J connectivity index is 1.38. The van der Waals surface area contributed by atoms with E-state index >= 15 is 0 Å². The molecule has 0 atom stereocenters. The lowest BCUT2D eigenvalue weighted by atomic mass is 10.2. The monoisotopic (exact) mass is 411 g/mol. The first-order chi connectivity index (χ1) is 14.1. The van der Waals surface area contributed by atoms with Gasteiger partial charge in [0.15, 0.2) is 0 Å². The molecule has 9 heteroatoms. The van der Waals surface area contributed by atoms with E-state index in [0.29, 0.717) is 16.5 Å². The fourth-order valence-corrected chi connectivity index (χ4v) is 3.80. The number of carbonyl (C=O) groups is 1. The highest BCUT2D eigenvalue weighted by molar-refractivity contribution is 7.99. The number of aromatic amines is 2. The third-order valence-corrected chi connectivity index (χ3v) is 5.37. The molecule has 0 fully saturated rings. The highest BCUT2D eigenvalue weighted by Gasteiger charge is 2.24. The highest BCUT2D eigenvalue weighted by Crippen LogP contribution is 2.19. The molecule has 0 saturated carbocycles. The lowest BCUT2D eigenvalue weighted by Gasteiger charge is -2.04. The number of amides is 1. The summed E-state index contributed by atoms with van der Waals surface area (Å²) in [6, 6.07) is 14.8. The Morgan fingerprint density at radius 3 is 2.83 bits per heavy atom. The quantitative estimate of drug-likeness (QED) is 0.320. The van der Waals surface area contributed by atoms with Crippen LogP contribution in [-0.2, 0) is 4.79 Å². The number of anilines is 1. The Kier molecular flexibility index (Phi) is 5.39.